The van der Waals surface area contributed by atoms with Crippen LogP contribution < -0.4 is 10.2 Å². The molecule has 0 saturated carbocycles. The number of nitrogens with one attached hydrogen (secondary N) is 1. The van der Waals surface area contributed by atoms with Crippen molar-refractivity contribution in [3.8, 4) is 0 Å². The number of carbonyl (C=O) groups is 1. The highest BCUT2D eigenvalue weighted by Crippen LogP contribution is 2.22. The number of benzene rings is 1. The van der Waals surface area contributed by atoms with E-state index in [0.29, 0.717) is 13.2 Å². The number of piperidine rings is 1. The predicted molar refractivity (Wildman–Crippen MR) is 124 cm³/mol. The number of anilines is 2. The first-order chi connectivity index (χ1) is 15.0. The third-order valence-electron chi connectivity index (χ3n) is 6.43. The van der Waals surface area contributed by atoms with E-state index in [2.05, 4.69) is 45.3 Å². The minimum absolute atomic E-state index is 0.0255. The van der Waals surface area contributed by atoms with Crippen LogP contribution in [0.4, 0.5) is 11.4 Å². The van der Waals surface area contributed by atoms with Crippen LogP contribution in [0.5, 0.6) is 0 Å². The summed E-state index contributed by atoms with van der Waals surface area (Å²) in [5, 5.41) is 7.63. The van der Waals surface area contributed by atoms with Gasteiger partial charge in [0.1, 0.15) is 0 Å². The van der Waals surface area contributed by atoms with E-state index in [9.17, 15) is 4.79 Å². The molecule has 4 rings (SSSR count). The Hall–Kier alpha value is -2.38. The van der Waals surface area contributed by atoms with Gasteiger partial charge < -0.3 is 15.0 Å². The molecule has 0 aliphatic carbocycles. The van der Waals surface area contributed by atoms with Crippen LogP contribution in [-0.2, 0) is 16.1 Å². The van der Waals surface area contributed by atoms with E-state index in [0.717, 1.165) is 43.3 Å². The Morgan fingerprint density at radius 3 is 2.58 bits per heavy atom. The van der Waals surface area contributed by atoms with Gasteiger partial charge in [-0.2, -0.15) is 5.10 Å². The van der Waals surface area contributed by atoms with Gasteiger partial charge >= 0.3 is 0 Å². The lowest BCUT2D eigenvalue weighted by Crippen LogP contribution is -2.51. The largest absolute Gasteiger partial charge is 0.374 e. The number of morpholine rings is 1. The van der Waals surface area contributed by atoms with Crippen molar-refractivity contribution < 1.29 is 9.53 Å². The van der Waals surface area contributed by atoms with Crippen LogP contribution in [-0.4, -0.2) is 65.5 Å². The lowest BCUT2D eigenvalue weighted by molar-refractivity contribution is -0.124. The van der Waals surface area contributed by atoms with Gasteiger partial charge in [-0.15, -0.1) is 0 Å². The summed E-state index contributed by atoms with van der Waals surface area (Å²) in [7, 11) is 0. The standard InChI is InChI=1S/C24H35N5O2/c1-18-15-19(2)29(26-18)17-23-16-28(13-14-31-23)20(3)24(30)25-21-7-9-22(10-8-21)27-11-5-4-6-12-27/h7-10,15,20,23H,4-6,11-14,16-17H2,1-3H3,(H,25,30). The first-order valence-corrected chi connectivity index (χ1v) is 11.5. The van der Waals surface area contributed by atoms with Gasteiger partial charge in [0.2, 0.25) is 5.91 Å². The molecule has 0 bridgehead atoms. The number of aromatic nitrogens is 2. The fourth-order valence-electron chi connectivity index (χ4n) is 4.58. The fraction of sp³-hybridized carbons (Fsp3) is 0.583. The predicted octanol–water partition coefficient (Wildman–Crippen LogP) is 3.22. The Morgan fingerprint density at radius 2 is 1.90 bits per heavy atom. The Labute approximate surface area is 185 Å². The van der Waals surface area contributed by atoms with Crippen LogP contribution in [0.2, 0.25) is 0 Å². The number of carbonyl (C=O) groups excluding carboxylic acids is 1. The van der Waals surface area contributed by atoms with Crippen molar-refractivity contribution in [3.63, 3.8) is 0 Å². The second kappa shape index (κ2) is 9.83. The molecule has 168 valence electrons. The highest BCUT2D eigenvalue weighted by molar-refractivity contribution is 5.94. The van der Waals surface area contributed by atoms with Gasteiger partial charge in [-0.25, -0.2) is 0 Å². The molecule has 1 aromatic carbocycles. The average Bonchev–Trinajstić information content (AvgIpc) is 3.11. The van der Waals surface area contributed by atoms with E-state index in [4.69, 9.17) is 4.74 Å². The molecule has 2 unspecified atom stereocenters. The lowest BCUT2D eigenvalue weighted by atomic mass is 10.1. The summed E-state index contributed by atoms with van der Waals surface area (Å²) in [5.74, 6) is 0.0255. The molecule has 1 amide bonds. The number of ether oxygens (including phenoxy) is 1. The number of hydrogen-bond acceptors (Lipinski definition) is 5. The molecule has 7 heteroatoms. The van der Waals surface area contributed by atoms with E-state index in [1.54, 1.807) is 0 Å². The SMILES string of the molecule is Cc1cc(C)n(CC2CN(C(C)C(=O)Nc3ccc(N4CCCCC4)cc3)CCO2)n1. The maximum atomic E-state index is 12.9. The fourth-order valence-corrected chi connectivity index (χ4v) is 4.58. The van der Waals surface area contributed by atoms with Crippen LogP contribution in [0.15, 0.2) is 30.3 Å². The van der Waals surface area contributed by atoms with Gasteiger partial charge in [0.15, 0.2) is 0 Å². The lowest BCUT2D eigenvalue weighted by Gasteiger charge is -2.36. The summed E-state index contributed by atoms with van der Waals surface area (Å²) in [6.45, 7) is 11.1. The van der Waals surface area contributed by atoms with Gasteiger partial charge in [-0.05, 0) is 70.4 Å². The molecule has 2 aliphatic rings. The number of aryl methyl sites for hydroxylation is 2. The third kappa shape index (κ3) is 5.46. The molecular formula is C24H35N5O2. The van der Waals surface area contributed by atoms with Crippen molar-refractivity contribution in [3.05, 3.63) is 41.7 Å². The minimum atomic E-state index is -0.214. The minimum Gasteiger partial charge on any atom is -0.374 e. The smallest absolute Gasteiger partial charge is 0.241 e. The third-order valence-corrected chi connectivity index (χ3v) is 6.43. The van der Waals surface area contributed by atoms with E-state index in [-0.39, 0.29) is 18.1 Å². The Balaban J connectivity index is 1.31. The molecule has 0 spiro atoms. The first-order valence-electron chi connectivity index (χ1n) is 11.5. The number of amides is 1. The molecule has 3 heterocycles. The molecule has 1 aromatic heterocycles. The zero-order chi connectivity index (χ0) is 21.8. The van der Waals surface area contributed by atoms with Gasteiger partial charge in [0, 0.05) is 43.2 Å². The van der Waals surface area contributed by atoms with E-state index in [1.807, 2.05) is 30.7 Å². The number of nitrogens with zero attached hydrogens (tertiary/aromatic N) is 4. The summed E-state index contributed by atoms with van der Waals surface area (Å²) >= 11 is 0. The molecule has 2 saturated heterocycles. The molecule has 0 radical (unpaired) electrons. The molecule has 2 aliphatic heterocycles. The molecule has 2 aromatic rings. The summed E-state index contributed by atoms with van der Waals surface area (Å²) in [4.78, 5) is 17.5. The Morgan fingerprint density at radius 1 is 1.16 bits per heavy atom. The summed E-state index contributed by atoms with van der Waals surface area (Å²) < 4.78 is 7.95. The zero-order valence-electron chi connectivity index (χ0n) is 19.0. The van der Waals surface area contributed by atoms with E-state index < -0.39 is 0 Å². The van der Waals surface area contributed by atoms with Crippen molar-refractivity contribution in [2.24, 2.45) is 0 Å². The summed E-state index contributed by atoms with van der Waals surface area (Å²) in [6.07, 6.45) is 3.88. The summed E-state index contributed by atoms with van der Waals surface area (Å²) in [5.41, 5.74) is 4.25. The second-order valence-electron chi connectivity index (χ2n) is 8.86. The maximum Gasteiger partial charge on any atom is 0.241 e. The van der Waals surface area contributed by atoms with Crippen molar-refractivity contribution in [2.75, 3.05) is 43.0 Å². The molecule has 2 atom stereocenters. The van der Waals surface area contributed by atoms with Crippen LogP contribution in [0.1, 0.15) is 37.6 Å². The highest BCUT2D eigenvalue weighted by atomic mass is 16.5. The maximum absolute atomic E-state index is 12.9. The monoisotopic (exact) mass is 425 g/mol. The topological polar surface area (TPSA) is 62.6 Å². The number of rotatable bonds is 6. The van der Waals surface area contributed by atoms with Crippen LogP contribution >= 0.6 is 0 Å². The Bertz CT molecular complexity index is 873. The normalized spacial score (nSPS) is 21.1. The Kier molecular flexibility index (Phi) is 6.92. The van der Waals surface area contributed by atoms with Gasteiger partial charge in [0.05, 0.1) is 31.0 Å². The van der Waals surface area contributed by atoms with Crippen molar-refractivity contribution in [2.45, 2.75) is 58.7 Å². The molecule has 2 fully saturated rings. The first kappa shape index (κ1) is 21.8. The second-order valence-corrected chi connectivity index (χ2v) is 8.86. The van der Waals surface area contributed by atoms with Gasteiger partial charge in [0.25, 0.3) is 0 Å². The average molecular weight is 426 g/mol. The zero-order valence-corrected chi connectivity index (χ0v) is 19.0. The molecule has 1 N–H and O–H groups in total. The highest BCUT2D eigenvalue weighted by Gasteiger charge is 2.28. The molecule has 31 heavy (non-hydrogen) atoms. The van der Waals surface area contributed by atoms with Crippen molar-refractivity contribution in [1.29, 1.82) is 0 Å². The molecule has 7 nitrogen and oxygen atoms in total. The van der Waals surface area contributed by atoms with Crippen molar-refractivity contribution in [1.82, 2.24) is 14.7 Å². The quantitative estimate of drug-likeness (QED) is 0.770. The number of hydrogen-bond donors (Lipinski definition) is 1. The van der Waals surface area contributed by atoms with Crippen LogP contribution in [0.3, 0.4) is 0 Å². The van der Waals surface area contributed by atoms with E-state index >= 15 is 0 Å². The van der Waals surface area contributed by atoms with Crippen LogP contribution in [0.25, 0.3) is 0 Å². The van der Waals surface area contributed by atoms with Crippen molar-refractivity contribution >= 4 is 17.3 Å². The molecular weight excluding hydrogens is 390 g/mol. The van der Waals surface area contributed by atoms with Crippen LogP contribution in [0, 0.1) is 13.8 Å². The summed E-state index contributed by atoms with van der Waals surface area (Å²) in [6, 6.07) is 10.1. The van der Waals surface area contributed by atoms with Gasteiger partial charge in [-0.3, -0.25) is 14.4 Å². The van der Waals surface area contributed by atoms with E-state index in [1.165, 1.54) is 24.9 Å². The van der Waals surface area contributed by atoms with Gasteiger partial charge in [-0.1, -0.05) is 0 Å².